The van der Waals surface area contributed by atoms with Gasteiger partial charge >= 0.3 is 0 Å². The van der Waals surface area contributed by atoms with Gasteiger partial charge < -0.3 is 19.1 Å². The number of ether oxygens (including phenoxy) is 3. The third-order valence-corrected chi connectivity index (χ3v) is 3.51. The van der Waals surface area contributed by atoms with E-state index in [1.165, 1.54) is 0 Å². The van der Waals surface area contributed by atoms with Gasteiger partial charge in [-0.3, -0.25) is 4.79 Å². The minimum absolute atomic E-state index is 0.152. The first-order chi connectivity index (χ1) is 11.1. The molecule has 1 atom stereocenters. The average Bonchev–Trinajstić information content (AvgIpc) is 2.86. The van der Waals surface area contributed by atoms with Crippen molar-refractivity contribution in [1.82, 2.24) is 4.90 Å². The van der Waals surface area contributed by atoms with Crippen LogP contribution < -0.4 is 4.74 Å². The summed E-state index contributed by atoms with van der Waals surface area (Å²) < 4.78 is 16.8. The Bertz CT molecular complexity index is 580. The number of unbranched alkanes of at least 4 members (excludes halogenated alkanes) is 1. The molecule has 1 aromatic carbocycles. The molecular formula is C18H25NO4. The Labute approximate surface area is 137 Å². The van der Waals surface area contributed by atoms with E-state index in [0.717, 1.165) is 24.2 Å². The summed E-state index contributed by atoms with van der Waals surface area (Å²) in [6, 6.07) is 7.55. The first-order valence-electron chi connectivity index (χ1n) is 8.05. The Balaban J connectivity index is 2.28. The fourth-order valence-corrected chi connectivity index (χ4v) is 2.37. The van der Waals surface area contributed by atoms with Gasteiger partial charge in [0, 0.05) is 20.7 Å². The standard InChI is InChI=1S/C18H25NO4/c1-5-7-11-22-14-10-8-9-13(12-14)15-16(20)18(21-6-2)23-17(15)19(3)4/h8-10,12,18H,5-7,11H2,1-4H3. The quantitative estimate of drug-likeness (QED) is 0.689. The van der Waals surface area contributed by atoms with Crippen molar-refractivity contribution in [2.24, 2.45) is 0 Å². The number of carbonyl (C=O) groups is 1. The molecule has 0 saturated carbocycles. The van der Waals surface area contributed by atoms with Gasteiger partial charge in [-0.05, 0) is 31.0 Å². The minimum Gasteiger partial charge on any atom is -0.494 e. The second kappa shape index (κ2) is 8.02. The molecule has 5 nitrogen and oxygen atoms in total. The highest BCUT2D eigenvalue weighted by Crippen LogP contribution is 2.33. The van der Waals surface area contributed by atoms with Crippen LogP contribution in [0.1, 0.15) is 32.3 Å². The lowest BCUT2D eigenvalue weighted by atomic mass is 10.0. The van der Waals surface area contributed by atoms with Crippen molar-refractivity contribution >= 4 is 11.4 Å². The van der Waals surface area contributed by atoms with E-state index in [4.69, 9.17) is 14.2 Å². The van der Waals surface area contributed by atoms with Crippen molar-refractivity contribution in [2.45, 2.75) is 33.0 Å². The van der Waals surface area contributed by atoms with Crippen LogP contribution in [-0.2, 0) is 14.3 Å². The van der Waals surface area contributed by atoms with Crippen molar-refractivity contribution in [3.05, 3.63) is 35.7 Å². The highest BCUT2D eigenvalue weighted by atomic mass is 16.7. The number of benzene rings is 1. The normalized spacial score (nSPS) is 17.4. The van der Waals surface area contributed by atoms with Crippen LogP contribution in [-0.4, -0.2) is 44.3 Å². The molecule has 0 fully saturated rings. The smallest absolute Gasteiger partial charge is 0.266 e. The van der Waals surface area contributed by atoms with Crippen LogP contribution in [0.2, 0.25) is 0 Å². The number of hydrogen-bond donors (Lipinski definition) is 0. The molecule has 0 aliphatic carbocycles. The molecule has 1 aromatic rings. The second-order valence-corrected chi connectivity index (χ2v) is 5.57. The molecular weight excluding hydrogens is 294 g/mol. The van der Waals surface area contributed by atoms with Crippen LogP contribution in [0.3, 0.4) is 0 Å². The first-order valence-corrected chi connectivity index (χ1v) is 8.05. The summed E-state index contributed by atoms with van der Waals surface area (Å²) in [6.45, 7) is 5.05. The van der Waals surface area contributed by atoms with Crippen molar-refractivity contribution in [2.75, 3.05) is 27.3 Å². The average molecular weight is 319 g/mol. The van der Waals surface area contributed by atoms with E-state index in [1.54, 1.807) is 4.90 Å². The van der Waals surface area contributed by atoms with Crippen LogP contribution >= 0.6 is 0 Å². The summed E-state index contributed by atoms with van der Waals surface area (Å²) >= 11 is 0. The van der Waals surface area contributed by atoms with E-state index < -0.39 is 6.29 Å². The fourth-order valence-electron chi connectivity index (χ4n) is 2.37. The van der Waals surface area contributed by atoms with Crippen LogP contribution in [0.15, 0.2) is 30.1 Å². The number of nitrogens with zero attached hydrogens (tertiary/aromatic N) is 1. The fraction of sp³-hybridized carbons (Fsp3) is 0.500. The third kappa shape index (κ3) is 4.05. The van der Waals surface area contributed by atoms with Gasteiger partial charge in [0.25, 0.3) is 6.29 Å². The summed E-state index contributed by atoms with van der Waals surface area (Å²) in [4.78, 5) is 14.4. The molecule has 0 N–H and O–H groups in total. The van der Waals surface area contributed by atoms with Gasteiger partial charge in [0.1, 0.15) is 5.75 Å². The maximum atomic E-state index is 12.6. The van der Waals surface area contributed by atoms with Gasteiger partial charge in [0.2, 0.25) is 11.7 Å². The highest BCUT2D eigenvalue weighted by molar-refractivity contribution is 6.24. The Morgan fingerprint density at radius 3 is 2.70 bits per heavy atom. The maximum absolute atomic E-state index is 12.6. The number of hydrogen-bond acceptors (Lipinski definition) is 5. The molecule has 0 bridgehead atoms. The zero-order chi connectivity index (χ0) is 16.8. The Kier molecular flexibility index (Phi) is 6.04. The molecule has 1 aliphatic heterocycles. The lowest BCUT2D eigenvalue weighted by Crippen LogP contribution is -2.22. The number of Topliss-reactive ketones (excluding diaryl/α,β-unsaturated/α-hetero) is 1. The molecule has 2 rings (SSSR count). The Morgan fingerprint density at radius 2 is 2.04 bits per heavy atom. The van der Waals surface area contributed by atoms with Crippen molar-refractivity contribution < 1.29 is 19.0 Å². The van der Waals surface area contributed by atoms with Gasteiger partial charge in [-0.25, -0.2) is 0 Å². The van der Waals surface area contributed by atoms with Crippen LogP contribution in [0.4, 0.5) is 0 Å². The van der Waals surface area contributed by atoms with Gasteiger partial charge in [-0.2, -0.15) is 0 Å². The van der Waals surface area contributed by atoms with E-state index in [2.05, 4.69) is 6.92 Å². The van der Waals surface area contributed by atoms with Crippen molar-refractivity contribution in [3.63, 3.8) is 0 Å². The van der Waals surface area contributed by atoms with Gasteiger partial charge in [0.15, 0.2) is 0 Å². The van der Waals surface area contributed by atoms with Crippen molar-refractivity contribution in [3.8, 4) is 5.75 Å². The molecule has 1 unspecified atom stereocenters. The predicted molar refractivity (Wildman–Crippen MR) is 89.0 cm³/mol. The zero-order valence-electron chi connectivity index (χ0n) is 14.3. The summed E-state index contributed by atoms with van der Waals surface area (Å²) in [5.74, 6) is 1.13. The van der Waals surface area contributed by atoms with Crippen LogP contribution in [0, 0.1) is 0 Å². The van der Waals surface area contributed by atoms with Gasteiger partial charge in [-0.15, -0.1) is 0 Å². The molecule has 0 radical (unpaired) electrons. The molecule has 126 valence electrons. The molecule has 5 heteroatoms. The summed E-state index contributed by atoms with van der Waals surface area (Å²) in [5.41, 5.74) is 1.32. The largest absolute Gasteiger partial charge is 0.494 e. The van der Waals surface area contributed by atoms with Gasteiger partial charge in [-0.1, -0.05) is 25.5 Å². The SMILES string of the molecule is CCCCOc1cccc(C2=C(N(C)C)OC(OCC)C2=O)c1. The Hall–Kier alpha value is -2.01. The van der Waals surface area contributed by atoms with E-state index in [9.17, 15) is 4.79 Å². The first kappa shape index (κ1) is 17.3. The van der Waals surface area contributed by atoms with Crippen LogP contribution in [0.5, 0.6) is 5.75 Å². The van der Waals surface area contributed by atoms with E-state index in [0.29, 0.717) is 24.7 Å². The monoisotopic (exact) mass is 319 g/mol. The third-order valence-electron chi connectivity index (χ3n) is 3.51. The molecule has 1 heterocycles. The summed E-state index contributed by atoms with van der Waals surface area (Å²) in [7, 11) is 3.69. The number of rotatable bonds is 8. The molecule has 0 saturated heterocycles. The van der Waals surface area contributed by atoms with E-state index in [-0.39, 0.29) is 5.78 Å². The molecule has 23 heavy (non-hydrogen) atoms. The molecule has 0 amide bonds. The topological polar surface area (TPSA) is 48.0 Å². The second-order valence-electron chi connectivity index (χ2n) is 5.57. The van der Waals surface area contributed by atoms with E-state index in [1.807, 2.05) is 45.3 Å². The number of carbonyl (C=O) groups excluding carboxylic acids is 1. The van der Waals surface area contributed by atoms with E-state index >= 15 is 0 Å². The molecule has 0 spiro atoms. The zero-order valence-corrected chi connectivity index (χ0v) is 14.3. The highest BCUT2D eigenvalue weighted by Gasteiger charge is 2.37. The summed E-state index contributed by atoms with van der Waals surface area (Å²) in [6.07, 6.45) is 1.22. The minimum atomic E-state index is -0.864. The lowest BCUT2D eigenvalue weighted by molar-refractivity contribution is -0.150. The number of ketones is 1. The molecule has 1 aliphatic rings. The summed E-state index contributed by atoms with van der Waals surface area (Å²) in [5, 5.41) is 0. The molecule has 0 aromatic heterocycles. The maximum Gasteiger partial charge on any atom is 0.266 e. The van der Waals surface area contributed by atoms with Gasteiger partial charge in [0.05, 0.1) is 12.2 Å². The Morgan fingerprint density at radius 1 is 1.26 bits per heavy atom. The van der Waals surface area contributed by atoms with Crippen LogP contribution in [0.25, 0.3) is 5.57 Å². The lowest BCUT2D eigenvalue weighted by Gasteiger charge is -2.16. The predicted octanol–water partition coefficient (Wildman–Crippen LogP) is 3.06. The van der Waals surface area contributed by atoms with Crippen molar-refractivity contribution in [1.29, 1.82) is 0 Å².